The number of benzene rings is 3. The largest absolute Gasteiger partial charge is 0.376 e. The number of ether oxygens (including phenoxy) is 1. The molecule has 1 N–H and O–H groups in total. The molecule has 2 nitrogen and oxygen atoms in total. The van der Waals surface area contributed by atoms with Crippen LogP contribution in [0, 0.1) is 5.82 Å². The van der Waals surface area contributed by atoms with E-state index in [2.05, 4.69) is 66.0 Å². The molecule has 1 fully saturated rings. The van der Waals surface area contributed by atoms with Gasteiger partial charge in [0.1, 0.15) is 5.82 Å². The molecule has 1 aliphatic heterocycles. The lowest BCUT2D eigenvalue weighted by molar-refractivity contribution is -0.0116. The Morgan fingerprint density at radius 2 is 1.43 bits per heavy atom. The molecule has 0 unspecified atom stereocenters. The maximum absolute atomic E-state index is 13.0. The molecule has 0 saturated carbocycles. The van der Waals surface area contributed by atoms with Crippen LogP contribution in [0.3, 0.4) is 0 Å². The number of halogens is 1. The molecule has 144 valence electrons. The van der Waals surface area contributed by atoms with E-state index in [1.807, 2.05) is 12.1 Å². The van der Waals surface area contributed by atoms with Crippen LogP contribution in [-0.2, 0) is 11.3 Å². The van der Waals surface area contributed by atoms with Crippen molar-refractivity contribution in [2.45, 2.75) is 37.5 Å². The topological polar surface area (TPSA) is 21.3 Å². The van der Waals surface area contributed by atoms with E-state index >= 15 is 0 Å². The molecule has 4 rings (SSSR count). The maximum atomic E-state index is 13.0. The Bertz CT molecular complexity index is 803. The summed E-state index contributed by atoms with van der Waals surface area (Å²) in [5.41, 5.74) is 3.70. The average Bonchev–Trinajstić information content (AvgIpc) is 2.76. The van der Waals surface area contributed by atoms with Crippen LogP contribution < -0.4 is 5.32 Å². The highest BCUT2D eigenvalue weighted by Crippen LogP contribution is 2.34. The normalized spacial score (nSPS) is 19.6. The molecule has 3 aromatic carbocycles. The fraction of sp³-hybridized carbons (Fsp3) is 0.280. The van der Waals surface area contributed by atoms with Crippen molar-refractivity contribution in [3.05, 3.63) is 107 Å². The van der Waals surface area contributed by atoms with Crippen LogP contribution >= 0.6 is 0 Å². The highest BCUT2D eigenvalue weighted by Gasteiger charge is 2.30. The fourth-order valence-corrected chi connectivity index (χ4v) is 4.00. The first-order chi connectivity index (χ1) is 13.8. The van der Waals surface area contributed by atoms with E-state index in [0.29, 0.717) is 12.6 Å². The highest BCUT2D eigenvalue weighted by molar-refractivity contribution is 5.34. The quantitative estimate of drug-likeness (QED) is 0.632. The van der Waals surface area contributed by atoms with E-state index in [4.69, 9.17) is 4.74 Å². The van der Waals surface area contributed by atoms with Crippen molar-refractivity contribution in [3.8, 4) is 0 Å². The average molecular weight is 375 g/mol. The van der Waals surface area contributed by atoms with Crippen LogP contribution in [0.2, 0.25) is 0 Å². The summed E-state index contributed by atoms with van der Waals surface area (Å²) in [6.07, 6.45) is 2.26. The van der Waals surface area contributed by atoms with Crippen molar-refractivity contribution in [2.75, 3.05) is 6.61 Å². The standard InChI is InChI=1S/C25H26FNO/c26-22-13-11-19(12-14-22)17-27-23-15-16-24(28-18-23)25(20-7-3-1-4-8-20)21-9-5-2-6-10-21/h1-14,23-25,27H,15-18H2/t23-,24+/m0/s1. The lowest BCUT2D eigenvalue weighted by atomic mass is 9.83. The van der Waals surface area contributed by atoms with Gasteiger partial charge in [0, 0.05) is 18.5 Å². The molecule has 0 amide bonds. The SMILES string of the molecule is Fc1ccc(CN[C@H]2CC[C@H](C(c3ccccc3)c3ccccc3)OC2)cc1. The molecule has 0 bridgehead atoms. The van der Waals surface area contributed by atoms with E-state index in [0.717, 1.165) is 24.9 Å². The molecule has 0 aliphatic carbocycles. The summed E-state index contributed by atoms with van der Waals surface area (Å²) >= 11 is 0. The Labute approximate surface area is 166 Å². The lowest BCUT2D eigenvalue weighted by Gasteiger charge is -2.35. The van der Waals surface area contributed by atoms with Crippen LogP contribution in [0.5, 0.6) is 0 Å². The van der Waals surface area contributed by atoms with Gasteiger partial charge in [-0.15, -0.1) is 0 Å². The zero-order chi connectivity index (χ0) is 19.2. The Morgan fingerprint density at radius 1 is 0.821 bits per heavy atom. The van der Waals surface area contributed by atoms with Gasteiger partial charge in [0.25, 0.3) is 0 Å². The Balaban J connectivity index is 1.40. The van der Waals surface area contributed by atoms with Gasteiger partial charge in [-0.25, -0.2) is 4.39 Å². The molecule has 28 heavy (non-hydrogen) atoms. The van der Waals surface area contributed by atoms with Gasteiger partial charge in [-0.3, -0.25) is 0 Å². The predicted molar refractivity (Wildman–Crippen MR) is 111 cm³/mol. The van der Waals surface area contributed by atoms with Crippen LogP contribution in [0.15, 0.2) is 84.9 Å². The van der Waals surface area contributed by atoms with Gasteiger partial charge in [0.15, 0.2) is 0 Å². The molecular formula is C25H26FNO. The lowest BCUT2D eigenvalue weighted by Crippen LogP contribution is -2.41. The molecule has 0 radical (unpaired) electrons. The summed E-state index contributed by atoms with van der Waals surface area (Å²) in [5.74, 6) is 0.0564. The van der Waals surface area contributed by atoms with E-state index in [-0.39, 0.29) is 17.8 Å². The van der Waals surface area contributed by atoms with Crippen molar-refractivity contribution in [1.82, 2.24) is 5.32 Å². The minimum Gasteiger partial charge on any atom is -0.376 e. The molecule has 1 heterocycles. The Hall–Kier alpha value is -2.49. The van der Waals surface area contributed by atoms with Crippen molar-refractivity contribution in [2.24, 2.45) is 0 Å². The zero-order valence-corrected chi connectivity index (χ0v) is 15.9. The van der Waals surface area contributed by atoms with E-state index < -0.39 is 0 Å². The third kappa shape index (κ3) is 4.67. The van der Waals surface area contributed by atoms with Crippen molar-refractivity contribution in [3.63, 3.8) is 0 Å². The highest BCUT2D eigenvalue weighted by atomic mass is 19.1. The van der Waals surface area contributed by atoms with Gasteiger partial charge in [-0.2, -0.15) is 0 Å². The summed E-state index contributed by atoms with van der Waals surface area (Å²) in [4.78, 5) is 0. The van der Waals surface area contributed by atoms with Gasteiger partial charge in [-0.1, -0.05) is 72.8 Å². The fourth-order valence-electron chi connectivity index (χ4n) is 4.00. The number of hydrogen-bond donors (Lipinski definition) is 1. The van der Waals surface area contributed by atoms with Crippen LogP contribution in [0.25, 0.3) is 0 Å². The summed E-state index contributed by atoms with van der Waals surface area (Å²) < 4.78 is 19.4. The molecule has 0 aromatic heterocycles. The van der Waals surface area contributed by atoms with Crippen LogP contribution in [0.4, 0.5) is 4.39 Å². The molecule has 2 atom stereocenters. The molecule has 1 aliphatic rings. The predicted octanol–water partition coefficient (Wildman–Crippen LogP) is 5.30. The molecule has 3 aromatic rings. The van der Waals surface area contributed by atoms with Gasteiger partial charge in [-0.05, 0) is 41.7 Å². The second kappa shape index (κ2) is 9.13. The van der Waals surface area contributed by atoms with E-state index in [1.54, 1.807) is 0 Å². The first-order valence-corrected chi connectivity index (χ1v) is 9.99. The van der Waals surface area contributed by atoms with E-state index in [9.17, 15) is 4.39 Å². The Kier molecular flexibility index (Phi) is 6.15. The molecular weight excluding hydrogens is 349 g/mol. The Morgan fingerprint density at radius 3 is 1.96 bits per heavy atom. The second-order valence-corrected chi connectivity index (χ2v) is 7.45. The van der Waals surface area contributed by atoms with Crippen molar-refractivity contribution < 1.29 is 9.13 Å². The maximum Gasteiger partial charge on any atom is 0.123 e. The van der Waals surface area contributed by atoms with Gasteiger partial charge >= 0.3 is 0 Å². The molecule has 0 spiro atoms. The smallest absolute Gasteiger partial charge is 0.123 e. The van der Waals surface area contributed by atoms with Crippen LogP contribution in [0.1, 0.15) is 35.4 Å². The number of hydrogen-bond acceptors (Lipinski definition) is 2. The molecule has 3 heteroatoms. The third-order valence-electron chi connectivity index (χ3n) is 5.51. The zero-order valence-electron chi connectivity index (χ0n) is 15.9. The summed E-state index contributed by atoms with van der Waals surface area (Å²) in [6.45, 7) is 1.43. The minimum atomic E-state index is -0.194. The van der Waals surface area contributed by atoms with Crippen molar-refractivity contribution in [1.29, 1.82) is 0 Å². The van der Waals surface area contributed by atoms with Crippen molar-refractivity contribution >= 4 is 0 Å². The summed E-state index contributed by atoms with van der Waals surface area (Å²) in [5, 5.41) is 3.55. The first-order valence-electron chi connectivity index (χ1n) is 9.99. The monoisotopic (exact) mass is 375 g/mol. The number of nitrogens with one attached hydrogen (secondary N) is 1. The second-order valence-electron chi connectivity index (χ2n) is 7.45. The third-order valence-corrected chi connectivity index (χ3v) is 5.51. The summed E-state index contributed by atoms with van der Waals surface area (Å²) in [7, 11) is 0. The first kappa shape index (κ1) is 18.9. The van der Waals surface area contributed by atoms with Gasteiger partial charge < -0.3 is 10.1 Å². The number of rotatable bonds is 6. The summed E-state index contributed by atoms with van der Waals surface area (Å²) in [6, 6.07) is 28.3. The van der Waals surface area contributed by atoms with Crippen LogP contribution in [-0.4, -0.2) is 18.8 Å². The molecule has 1 saturated heterocycles. The minimum absolute atomic E-state index is 0.175. The van der Waals surface area contributed by atoms with Gasteiger partial charge in [0.2, 0.25) is 0 Å². The van der Waals surface area contributed by atoms with Gasteiger partial charge in [0.05, 0.1) is 12.7 Å². The van der Waals surface area contributed by atoms with E-state index in [1.165, 1.54) is 23.3 Å².